The maximum atomic E-state index is 12.9. The van der Waals surface area contributed by atoms with Crippen molar-refractivity contribution in [3.05, 3.63) is 50.7 Å². The zero-order valence-corrected chi connectivity index (χ0v) is 10.9. The van der Waals surface area contributed by atoms with Gasteiger partial charge in [0.15, 0.2) is 0 Å². The van der Waals surface area contributed by atoms with Crippen LogP contribution in [0.1, 0.15) is 0 Å². The van der Waals surface area contributed by atoms with E-state index in [1.165, 1.54) is 24.3 Å². The molecule has 0 aliphatic carbocycles. The molecule has 0 fully saturated rings. The van der Waals surface area contributed by atoms with Gasteiger partial charge >= 0.3 is 11.6 Å². The Morgan fingerprint density at radius 3 is 2.74 bits per heavy atom. The number of nitrogens with two attached hydrogens (primary N) is 1. The lowest BCUT2D eigenvalue weighted by molar-refractivity contribution is -0.386. The van der Waals surface area contributed by atoms with Crippen molar-refractivity contribution in [1.29, 1.82) is 0 Å². The van der Waals surface area contributed by atoms with Crippen LogP contribution in [0.4, 0.5) is 15.9 Å². The molecule has 2 aromatic rings. The number of aromatic nitrogens is 1. The van der Waals surface area contributed by atoms with Gasteiger partial charge in [-0.25, -0.2) is 4.39 Å². The third-order valence-corrected chi connectivity index (χ3v) is 2.78. The molecule has 0 aliphatic heterocycles. The third kappa shape index (κ3) is 2.97. The molecule has 1 aromatic carbocycles. The zero-order valence-electron chi connectivity index (χ0n) is 9.34. The second-order valence-electron chi connectivity index (χ2n) is 3.49. The molecule has 8 heteroatoms. The fourth-order valence-electron chi connectivity index (χ4n) is 1.32. The molecule has 0 radical (unpaired) electrons. The number of benzene rings is 1. The van der Waals surface area contributed by atoms with Crippen LogP contribution >= 0.6 is 15.9 Å². The molecular formula is C11H7BrFN3O3. The van der Waals surface area contributed by atoms with E-state index in [0.29, 0.717) is 4.47 Å². The summed E-state index contributed by atoms with van der Waals surface area (Å²) in [5.41, 5.74) is 5.13. The van der Waals surface area contributed by atoms with Crippen LogP contribution in [0.15, 0.2) is 34.8 Å². The molecule has 0 amide bonds. The number of anilines is 1. The highest BCUT2D eigenvalue weighted by atomic mass is 79.9. The summed E-state index contributed by atoms with van der Waals surface area (Å²) < 4.78 is 18.5. The Morgan fingerprint density at radius 1 is 1.37 bits per heavy atom. The van der Waals surface area contributed by atoms with Crippen molar-refractivity contribution < 1.29 is 14.1 Å². The highest BCUT2D eigenvalue weighted by Gasteiger charge is 2.19. The fraction of sp³-hybridized carbons (Fsp3) is 0. The van der Waals surface area contributed by atoms with Gasteiger partial charge in [0.1, 0.15) is 17.4 Å². The topological polar surface area (TPSA) is 91.3 Å². The van der Waals surface area contributed by atoms with Crippen LogP contribution in [0.2, 0.25) is 0 Å². The van der Waals surface area contributed by atoms with Gasteiger partial charge in [-0.15, -0.1) is 0 Å². The van der Waals surface area contributed by atoms with E-state index in [-0.39, 0.29) is 23.1 Å². The Kier molecular flexibility index (Phi) is 3.61. The molecule has 6 nitrogen and oxygen atoms in total. The number of nitro groups is 1. The lowest BCUT2D eigenvalue weighted by atomic mass is 10.3. The maximum Gasteiger partial charge on any atom is 0.331 e. The highest BCUT2D eigenvalue weighted by molar-refractivity contribution is 9.10. The number of ether oxygens (including phenoxy) is 1. The van der Waals surface area contributed by atoms with E-state index >= 15 is 0 Å². The van der Waals surface area contributed by atoms with Crippen molar-refractivity contribution in [2.45, 2.75) is 0 Å². The lowest BCUT2D eigenvalue weighted by Gasteiger charge is -2.07. The van der Waals surface area contributed by atoms with Crippen LogP contribution in [0.25, 0.3) is 0 Å². The summed E-state index contributed by atoms with van der Waals surface area (Å²) >= 11 is 3.09. The van der Waals surface area contributed by atoms with E-state index in [1.54, 1.807) is 0 Å². The van der Waals surface area contributed by atoms with Gasteiger partial charge < -0.3 is 10.5 Å². The number of rotatable bonds is 3. The SMILES string of the molecule is Nc1ccc([N+](=O)[O-])c(Oc2ccc(F)cc2Br)n1. The van der Waals surface area contributed by atoms with Gasteiger partial charge in [-0.05, 0) is 40.2 Å². The number of nitrogen functional groups attached to an aromatic ring is 1. The molecule has 1 aromatic heterocycles. The molecule has 2 N–H and O–H groups in total. The summed E-state index contributed by atoms with van der Waals surface area (Å²) in [4.78, 5) is 13.9. The molecule has 0 bridgehead atoms. The smallest absolute Gasteiger partial charge is 0.331 e. The lowest BCUT2D eigenvalue weighted by Crippen LogP contribution is -1.99. The van der Waals surface area contributed by atoms with Gasteiger partial charge in [-0.3, -0.25) is 10.1 Å². The Hall–Kier alpha value is -2.22. The minimum Gasteiger partial charge on any atom is -0.432 e. The van der Waals surface area contributed by atoms with E-state index in [2.05, 4.69) is 20.9 Å². The van der Waals surface area contributed by atoms with Crippen molar-refractivity contribution in [3.8, 4) is 11.6 Å². The van der Waals surface area contributed by atoms with Gasteiger partial charge in [-0.2, -0.15) is 4.98 Å². The molecule has 1 heterocycles. The molecule has 0 unspecified atom stereocenters. The first kappa shape index (κ1) is 13.2. The van der Waals surface area contributed by atoms with E-state index in [9.17, 15) is 14.5 Å². The summed E-state index contributed by atoms with van der Waals surface area (Å²) in [5.74, 6) is -0.437. The van der Waals surface area contributed by atoms with E-state index < -0.39 is 10.7 Å². The summed E-state index contributed by atoms with van der Waals surface area (Å²) in [7, 11) is 0. The van der Waals surface area contributed by atoms with Gasteiger partial charge in [0.25, 0.3) is 0 Å². The van der Waals surface area contributed by atoms with Gasteiger partial charge in [0.05, 0.1) is 9.40 Å². The largest absolute Gasteiger partial charge is 0.432 e. The van der Waals surface area contributed by atoms with Crippen LogP contribution in [-0.4, -0.2) is 9.91 Å². The Bertz CT molecular complexity index is 651. The van der Waals surface area contributed by atoms with Crippen molar-refractivity contribution in [2.24, 2.45) is 0 Å². The standard InChI is InChI=1S/C11H7BrFN3O3/c12-7-5-6(13)1-3-9(7)19-11-8(16(17)18)2-4-10(14)15-11/h1-5H,(H2,14,15). The summed E-state index contributed by atoms with van der Waals surface area (Å²) in [6.45, 7) is 0. The summed E-state index contributed by atoms with van der Waals surface area (Å²) in [5, 5.41) is 10.8. The molecule has 0 aliphatic rings. The predicted molar refractivity (Wildman–Crippen MR) is 69.5 cm³/mol. The molecule has 0 spiro atoms. The van der Waals surface area contributed by atoms with Crippen molar-refractivity contribution in [1.82, 2.24) is 4.98 Å². The molecule has 2 rings (SSSR count). The quantitative estimate of drug-likeness (QED) is 0.690. The second kappa shape index (κ2) is 5.19. The monoisotopic (exact) mass is 327 g/mol. The van der Waals surface area contributed by atoms with Crippen LogP contribution in [0.5, 0.6) is 11.6 Å². The zero-order chi connectivity index (χ0) is 14.0. The highest BCUT2D eigenvalue weighted by Crippen LogP contribution is 2.34. The third-order valence-electron chi connectivity index (χ3n) is 2.16. The summed E-state index contributed by atoms with van der Waals surface area (Å²) in [6.07, 6.45) is 0. The van der Waals surface area contributed by atoms with Crippen LogP contribution in [0.3, 0.4) is 0 Å². The second-order valence-corrected chi connectivity index (χ2v) is 4.35. The van der Waals surface area contributed by atoms with Crippen molar-refractivity contribution in [3.63, 3.8) is 0 Å². The fourth-order valence-corrected chi connectivity index (χ4v) is 1.76. The average molecular weight is 328 g/mol. The first-order valence-corrected chi connectivity index (χ1v) is 5.80. The molecular weight excluding hydrogens is 321 g/mol. The normalized spacial score (nSPS) is 10.2. The number of hydrogen-bond donors (Lipinski definition) is 1. The van der Waals surface area contributed by atoms with Gasteiger partial charge in [0, 0.05) is 6.07 Å². The maximum absolute atomic E-state index is 12.9. The van der Waals surface area contributed by atoms with Gasteiger partial charge in [0.2, 0.25) is 0 Å². The molecule has 0 saturated carbocycles. The van der Waals surface area contributed by atoms with Crippen LogP contribution in [-0.2, 0) is 0 Å². The van der Waals surface area contributed by atoms with Crippen LogP contribution in [0, 0.1) is 15.9 Å². The van der Waals surface area contributed by atoms with E-state index in [1.807, 2.05) is 0 Å². The minimum absolute atomic E-state index is 0.0823. The number of nitrogens with zero attached hydrogens (tertiary/aromatic N) is 2. The summed E-state index contributed by atoms with van der Waals surface area (Å²) in [6, 6.07) is 6.15. The molecule has 19 heavy (non-hydrogen) atoms. The Morgan fingerprint density at radius 2 is 2.11 bits per heavy atom. The number of halogens is 2. The van der Waals surface area contributed by atoms with E-state index in [0.717, 1.165) is 6.07 Å². The minimum atomic E-state index is -0.640. The molecule has 98 valence electrons. The molecule has 0 saturated heterocycles. The Labute approximate surface area is 115 Å². The molecule has 0 atom stereocenters. The first-order chi connectivity index (χ1) is 8.97. The average Bonchev–Trinajstić information content (AvgIpc) is 2.32. The Balaban J connectivity index is 2.42. The van der Waals surface area contributed by atoms with Crippen molar-refractivity contribution in [2.75, 3.05) is 5.73 Å². The predicted octanol–water partition coefficient (Wildman–Crippen LogP) is 3.27. The van der Waals surface area contributed by atoms with Gasteiger partial charge in [-0.1, -0.05) is 0 Å². The van der Waals surface area contributed by atoms with Crippen molar-refractivity contribution >= 4 is 27.4 Å². The van der Waals surface area contributed by atoms with Crippen LogP contribution < -0.4 is 10.5 Å². The number of pyridine rings is 1. The number of hydrogen-bond acceptors (Lipinski definition) is 5. The first-order valence-electron chi connectivity index (χ1n) is 5.01. The van der Waals surface area contributed by atoms with E-state index in [4.69, 9.17) is 10.5 Å².